The molecule has 1 unspecified atom stereocenters. The highest BCUT2D eigenvalue weighted by atomic mass is 19.1. The van der Waals surface area contributed by atoms with E-state index < -0.39 is 0 Å². The molecule has 2 aromatic rings. The van der Waals surface area contributed by atoms with E-state index in [1.54, 1.807) is 12.1 Å². The molecule has 0 spiro atoms. The number of hydrogen-bond donors (Lipinski definition) is 2. The maximum absolute atomic E-state index is 13.1. The highest BCUT2D eigenvalue weighted by Gasteiger charge is 2.18. The lowest BCUT2D eigenvalue weighted by molar-refractivity contribution is -0.121. The Balaban J connectivity index is 2.15. The fraction of sp³-hybridized carbons (Fsp3) is 0.278. The quantitative estimate of drug-likeness (QED) is 0.772. The number of carbonyl (C=O) groups excluding carboxylic acids is 1. The van der Waals surface area contributed by atoms with Gasteiger partial charge in [-0.15, -0.1) is 0 Å². The first-order valence-electron chi connectivity index (χ1n) is 7.42. The third-order valence-corrected chi connectivity index (χ3v) is 3.56. The van der Waals surface area contributed by atoms with Crippen molar-refractivity contribution in [3.05, 3.63) is 71.5 Å². The molecule has 0 saturated heterocycles. The molecule has 0 aliphatic carbocycles. The van der Waals surface area contributed by atoms with Crippen LogP contribution in [0.1, 0.15) is 23.5 Å². The largest absolute Gasteiger partial charge is 0.355 e. The summed E-state index contributed by atoms with van der Waals surface area (Å²) in [6.45, 7) is 1.33. The van der Waals surface area contributed by atoms with Crippen molar-refractivity contribution >= 4 is 5.91 Å². The van der Waals surface area contributed by atoms with Crippen LogP contribution in [0, 0.1) is 5.82 Å². The van der Waals surface area contributed by atoms with E-state index in [1.807, 2.05) is 37.4 Å². The number of benzene rings is 2. The van der Waals surface area contributed by atoms with Crippen molar-refractivity contribution in [1.82, 2.24) is 10.6 Å². The van der Waals surface area contributed by atoms with Gasteiger partial charge in [-0.25, -0.2) is 4.39 Å². The number of halogens is 1. The van der Waals surface area contributed by atoms with Crippen molar-refractivity contribution in [2.45, 2.75) is 12.3 Å². The van der Waals surface area contributed by atoms with Gasteiger partial charge in [0.15, 0.2) is 0 Å². The average molecular weight is 300 g/mol. The van der Waals surface area contributed by atoms with E-state index in [2.05, 4.69) is 10.6 Å². The number of hydrogen-bond acceptors (Lipinski definition) is 2. The zero-order valence-electron chi connectivity index (χ0n) is 12.7. The Morgan fingerprint density at radius 3 is 2.27 bits per heavy atom. The standard InChI is InChI=1S/C18H21FN2O/c1-20-11-12-21-18(22)13-17(14-5-3-2-4-6-14)15-7-9-16(19)10-8-15/h2-10,17,20H,11-13H2,1H3,(H,21,22). The van der Waals surface area contributed by atoms with E-state index in [-0.39, 0.29) is 17.6 Å². The lowest BCUT2D eigenvalue weighted by Gasteiger charge is -2.18. The maximum Gasteiger partial charge on any atom is 0.220 e. The summed E-state index contributed by atoms with van der Waals surface area (Å²) in [6.07, 6.45) is 0.347. The molecule has 1 atom stereocenters. The van der Waals surface area contributed by atoms with Crippen molar-refractivity contribution in [2.24, 2.45) is 0 Å². The van der Waals surface area contributed by atoms with Gasteiger partial charge in [0.1, 0.15) is 5.82 Å². The number of rotatable bonds is 7. The molecule has 2 aromatic carbocycles. The van der Waals surface area contributed by atoms with Gasteiger partial charge in [0.25, 0.3) is 0 Å². The first-order valence-corrected chi connectivity index (χ1v) is 7.42. The van der Waals surface area contributed by atoms with Gasteiger partial charge < -0.3 is 10.6 Å². The normalized spacial score (nSPS) is 11.9. The summed E-state index contributed by atoms with van der Waals surface area (Å²) in [4.78, 5) is 12.1. The Kier molecular flexibility index (Phi) is 6.10. The maximum atomic E-state index is 13.1. The zero-order valence-corrected chi connectivity index (χ0v) is 12.7. The van der Waals surface area contributed by atoms with E-state index >= 15 is 0 Å². The lowest BCUT2D eigenvalue weighted by Crippen LogP contribution is -2.31. The third-order valence-electron chi connectivity index (χ3n) is 3.56. The fourth-order valence-electron chi connectivity index (χ4n) is 2.39. The minimum Gasteiger partial charge on any atom is -0.355 e. The Bertz CT molecular complexity index is 584. The second kappa shape index (κ2) is 8.29. The van der Waals surface area contributed by atoms with Crippen molar-refractivity contribution in [3.8, 4) is 0 Å². The topological polar surface area (TPSA) is 41.1 Å². The molecule has 0 fully saturated rings. The van der Waals surface area contributed by atoms with Gasteiger partial charge in [-0.1, -0.05) is 42.5 Å². The van der Waals surface area contributed by atoms with Crippen LogP contribution in [0.2, 0.25) is 0 Å². The van der Waals surface area contributed by atoms with Crippen LogP contribution in [0.4, 0.5) is 4.39 Å². The minimum atomic E-state index is -0.269. The van der Waals surface area contributed by atoms with Gasteiger partial charge in [-0.3, -0.25) is 4.79 Å². The van der Waals surface area contributed by atoms with Gasteiger partial charge in [0.2, 0.25) is 5.91 Å². The van der Waals surface area contributed by atoms with Gasteiger partial charge in [0, 0.05) is 25.4 Å². The summed E-state index contributed by atoms with van der Waals surface area (Å²) in [5.74, 6) is -0.348. The summed E-state index contributed by atoms with van der Waals surface area (Å²) < 4.78 is 13.1. The molecule has 0 heterocycles. The number of likely N-dealkylation sites (N-methyl/N-ethyl adjacent to an activating group) is 1. The highest BCUT2D eigenvalue weighted by molar-refractivity contribution is 5.77. The number of nitrogens with one attached hydrogen (secondary N) is 2. The van der Waals surface area contributed by atoms with E-state index in [0.29, 0.717) is 13.0 Å². The molecule has 2 rings (SSSR count). The van der Waals surface area contributed by atoms with Gasteiger partial charge in [-0.05, 0) is 30.3 Å². The van der Waals surface area contributed by atoms with E-state index in [0.717, 1.165) is 17.7 Å². The smallest absolute Gasteiger partial charge is 0.220 e. The van der Waals surface area contributed by atoms with Crippen LogP contribution in [0.15, 0.2) is 54.6 Å². The third kappa shape index (κ3) is 4.67. The number of carbonyl (C=O) groups is 1. The summed E-state index contributed by atoms with van der Waals surface area (Å²) in [5, 5.41) is 5.88. The van der Waals surface area contributed by atoms with Crippen molar-refractivity contribution in [3.63, 3.8) is 0 Å². The molecule has 1 amide bonds. The molecule has 0 aliphatic rings. The van der Waals surface area contributed by atoms with Crippen molar-refractivity contribution in [1.29, 1.82) is 0 Å². The van der Waals surface area contributed by atoms with Crippen LogP contribution in [-0.4, -0.2) is 26.0 Å². The molecule has 2 N–H and O–H groups in total. The van der Waals surface area contributed by atoms with Crippen LogP contribution < -0.4 is 10.6 Å². The molecular weight excluding hydrogens is 279 g/mol. The van der Waals surface area contributed by atoms with Crippen LogP contribution in [0.25, 0.3) is 0 Å². The highest BCUT2D eigenvalue weighted by Crippen LogP contribution is 2.28. The van der Waals surface area contributed by atoms with E-state index in [4.69, 9.17) is 0 Å². The van der Waals surface area contributed by atoms with Gasteiger partial charge in [-0.2, -0.15) is 0 Å². The van der Waals surface area contributed by atoms with Crippen molar-refractivity contribution in [2.75, 3.05) is 20.1 Å². The predicted molar refractivity (Wildman–Crippen MR) is 86.2 cm³/mol. The van der Waals surface area contributed by atoms with Gasteiger partial charge >= 0.3 is 0 Å². The van der Waals surface area contributed by atoms with Crippen LogP contribution in [0.5, 0.6) is 0 Å². The zero-order chi connectivity index (χ0) is 15.8. The molecule has 0 radical (unpaired) electrons. The first kappa shape index (κ1) is 16.2. The second-order valence-electron chi connectivity index (χ2n) is 5.17. The molecule has 0 saturated carbocycles. The molecule has 0 aliphatic heterocycles. The molecule has 3 nitrogen and oxygen atoms in total. The SMILES string of the molecule is CNCCNC(=O)CC(c1ccccc1)c1ccc(F)cc1. The minimum absolute atomic E-state index is 0.00609. The number of amides is 1. The first-order chi connectivity index (χ1) is 10.7. The van der Waals surface area contributed by atoms with E-state index in [1.165, 1.54) is 12.1 Å². The average Bonchev–Trinajstić information content (AvgIpc) is 2.55. The van der Waals surface area contributed by atoms with Gasteiger partial charge in [0.05, 0.1) is 0 Å². The lowest BCUT2D eigenvalue weighted by atomic mass is 9.88. The summed E-state index contributed by atoms with van der Waals surface area (Å²) >= 11 is 0. The van der Waals surface area contributed by atoms with Crippen molar-refractivity contribution < 1.29 is 9.18 Å². The van der Waals surface area contributed by atoms with Crippen LogP contribution in [0.3, 0.4) is 0 Å². The Morgan fingerprint density at radius 1 is 1.00 bits per heavy atom. The molecule has 116 valence electrons. The molecule has 4 heteroatoms. The second-order valence-corrected chi connectivity index (χ2v) is 5.17. The molecule has 0 bridgehead atoms. The summed E-state index contributed by atoms with van der Waals surface area (Å²) in [5.41, 5.74) is 1.99. The van der Waals surface area contributed by atoms with Crippen LogP contribution in [-0.2, 0) is 4.79 Å². The van der Waals surface area contributed by atoms with Crippen LogP contribution >= 0.6 is 0 Å². The molecule has 0 aromatic heterocycles. The Labute approximate surface area is 130 Å². The molecule has 22 heavy (non-hydrogen) atoms. The summed E-state index contributed by atoms with van der Waals surface area (Å²) in [7, 11) is 1.84. The summed E-state index contributed by atoms with van der Waals surface area (Å²) in [6, 6.07) is 16.2. The van der Waals surface area contributed by atoms with E-state index in [9.17, 15) is 9.18 Å². The fourth-order valence-corrected chi connectivity index (χ4v) is 2.39. The Hall–Kier alpha value is -2.20. The monoisotopic (exact) mass is 300 g/mol. The Morgan fingerprint density at radius 2 is 1.64 bits per heavy atom. The predicted octanol–water partition coefficient (Wildman–Crippen LogP) is 2.68. The molecular formula is C18H21FN2O.